The minimum absolute atomic E-state index is 0.204. The van der Waals surface area contributed by atoms with E-state index in [1.54, 1.807) is 13.8 Å². The minimum Gasteiger partial charge on any atom is -0.374 e. The smallest absolute Gasteiger partial charge is 0.330 e. The van der Waals surface area contributed by atoms with E-state index in [9.17, 15) is 9.59 Å². The number of ether oxygens (including phenoxy) is 1. The van der Waals surface area contributed by atoms with E-state index < -0.39 is 5.69 Å². The molecule has 1 atom stereocenters. The Morgan fingerprint density at radius 1 is 1.00 bits per heavy atom. The van der Waals surface area contributed by atoms with Crippen LogP contribution in [-0.2, 0) is 11.3 Å². The standard InChI is InChI=1S/C22H25N3O3/c1-16(2)25-21(26)13-20(24-22(25)27)23-19(18-11-7-4-8-12-18)15-28-14-17-9-5-3-6-10-17/h3-13,16,19,23H,14-15H2,1-2H3,(H,24,27). The van der Waals surface area contributed by atoms with E-state index in [0.29, 0.717) is 19.0 Å². The molecule has 0 saturated carbocycles. The SMILES string of the molecule is CC(C)n1c(=O)cc(NC(COCc2ccccc2)c2ccccc2)[nH]c1=O. The molecular formula is C22H25N3O3. The van der Waals surface area contributed by atoms with Crippen molar-refractivity contribution in [3.63, 3.8) is 0 Å². The van der Waals surface area contributed by atoms with Gasteiger partial charge < -0.3 is 10.1 Å². The molecule has 6 heteroatoms. The predicted molar refractivity (Wildman–Crippen MR) is 111 cm³/mol. The van der Waals surface area contributed by atoms with Gasteiger partial charge in [0.05, 0.1) is 19.3 Å². The Morgan fingerprint density at radius 3 is 2.25 bits per heavy atom. The van der Waals surface area contributed by atoms with E-state index in [-0.39, 0.29) is 17.6 Å². The molecule has 1 unspecified atom stereocenters. The monoisotopic (exact) mass is 379 g/mol. The molecule has 3 rings (SSSR count). The third-order valence-corrected chi connectivity index (χ3v) is 4.41. The fourth-order valence-electron chi connectivity index (χ4n) is 3.03. The first-order valence-corrected chi connectivity index (χ1v) is 9.33. The van der Waals surface area contributed by atoms with Crippen LogP contribution in [0.3, 0.4) is 0 Å². The first-order valence-electron chi connectivity index (χ1n) is 9.33. The Labute approximate surface area is 163 Å². The molecule has 0 radical (unpaired) electrons. The second-order valence-corrected chi connectivity index (χ2v) is 6.90. The fourth-order valence-corrected chi connectivity index (χ4v) is 3.03. The van der Waals surface area contributed by atoms with Gasteiger partial charge in [0.1, 0.15) is 5.82 Å². The average Bonchev–Trinajstić information content (AvgIpc) is 2.68. The number of aromatic nitrogens is 2. The molecule has 0 saturated heterocycles. The lowest BCUT2D eigenvalue weighted by Gasteiger charge is -2.21. The van der Waals surface area contributed by atoms with Gasteiger partial charge in [-0.2, -0.15) is 0 Å². The van der Waals surface area contributed by atoms with Crippen LogP contribution in [0.25, 0.3) is 0 Å². The summed E-state index contributed by atoms with van der Waals surface area (Å²) in [6, 6.07) is 20.7. The molecule has 28 heavy (non-hydrogen) atoms. The van der Waals surface area contributed by atoms with Gasteiger partial charge in [0, 0.05) is 12.1 Å². The second kappa shape index (κ2) is 9.19. The van der Waals surface area contributed by atoms with Gasteiger partial charge >= 0.3 is 5.69 Å². The summed E-state index contributed by atoms with van der Waals surface area (Å²) in [6.45, 7) is 4.47. The van der Waals surface area contributed by atoms with Gasteiger partial charge in [-0.3, -0.25) is 14.3 Å². The van der Waals surface area contributed by atoms with Crippen molar-refractivity contribution < 1.29 is 4.74 Å². The van der Waals surface area contributed by atoms with Crippen LogP contribution in [0.4, 0.5) is 5.82 Å². The molecule has 2 aromatic carbocycles. The molecular weight excluding hydrogens is 354 g/mol. The van der Waals surface area contributed by atoms with E-state index in [0.717, 1.165) is 11.1 Å². The molecule has 0 amide bonds. The van der Waals surface area contributed by atoms with Crippen molar-refractivity contribution in [3.8, 4) is 0 Å². The zero-order chi connectivity index (χ0) is 19.9. The summed E-state index contributed by atoms with van der Waals surface area (Å²) in [5.41, 5.74) is 1.33. The van der Waals surface area contributed by atoms with Crippen LogP contribution in [0, 0.1) is 0 Å². The molecule has 0 bridgehead atoms. The quantitative estimate of drug-likeness (QED) is 0.628. The van der Waals surface area contributed by atoms with Gasteiger partial charge in [0.25, 0.3) is 5.56 Å². The van der Waals surface area contributed by atoms with Crippen LogP contribution >= 0.6 is 0 Å². The lowest BCUT2D eigenvalue weighted by molar-refractivity contribution is 0.112. The van der Waals surface area contributed by atoms with Gasteiger partial charge in [0.2, 0.25) is 0 Å². The summed E-state index contributed by atoms with van der Waals surface area (Å²) in [4.78, 5) is 27.3. The molecule has 0 fully saturated rings. The maximum absolute atomic E-state index is 12.3. The summed E-state index contributed by atoms with van der Waals surface area (Å²) < 4.78 is 7.08. The highest BCUT2D eigenvalue weighted by Gasteiger charge is 2.14. The van der Waals surface area contributed by atoms with Crippen LogP contribution in [0.5, 0.6) is 0 Å². The Hall–Kier alpha value is -3.12. The number of nitrogens with one attached hydrogen (secondary N) is 2. The minimum atomic E-state index is -0.429. The first-order chi connectivity index (χ1) is 13.5. The summed E-state index contributed by atoms with van der Waals surface area (Å²) in [7, 11) is 0. The van der Waals surface area contributed by atoms with Crippen molar-refractivity contribution >= 4 is 5.82 Å². The van der Waals surface area contributed by atoms with Crippen molar-refractivity contribution in [1.29, 1.82) is 0 Å². The van der Waals surface area contributed by atoms with Crippen LogP contribution in [0.2, 0.25) is 0 Å². The zero-order valence-electron chi connectivity index (χ0n) is 16.1. The van der Waals surface area contributed by atoms with E-state index in [4.69, 9.17) is 4.74 Å². The highest BCUT2D eigenvalue weighted by molar-refractivity contribution is 5.37. The normalized spacial score (nSPS) is 12.1. The summed E-state index contributed by atoms with van der Waals surface area (Å²) in [5.74, 6) is 0.379. The van der Waals surface area contributed by atoms with E-state index in [1.165, 1.54) is 10.6 Å². The Balaban J connectivity index is 1.78. The van der Waals surface area contributed by atoms with Crippen molar-refractivity contribution in [2.24, 2.45) is 0 Å². The lowest BCUT2D eigenvalue weighted by atomic mass is 10.1. The lowest BCUT2D eigenvalue weighted by Crippen LogP contribution is -2.36. The van der Waals surface area contributed by atoms with Gasteiger partial charge in [0.15, 0.2) is 0 Å². The molecule has 0 aliphatic heterocycles. The second-order valence-electron chi connectivity index (χ2n) is 6.90. The van der Waals surface area contributed by atoms with Gasteiger partial charge in [-0.1, -0.05) is 60.7 Å². The van der Waals surface area contributed by atoms with Gasteiger partial charge in [-0.15, -0.1) is 0 Å². The van der Waals surface area contributed by atoms with Crippen LogP contribution in [0.1, 0.15) is 37.1 Å². The van der Waals surface area contributed by atoms with Crippen molar-refractivity contribution in [1.82, 2.24) is 9.55 Å². The number of benzene rings is 2. The number of aromatic amines is 1. The Morgan fingerprint density at radius 2 is 1.64 bits per heavy atom. The van der Waals surface area contributed by atoms with Crippen molar-refractivity contribution in [2.45, 2.75) is 32.5 Å². The maximum Gasteiger partial charge on any atom is 0.330 e. The van der Waals surface area contributed by atoms with E-state index >= 15 is 0 Å². The van der Waals surface area contributed by atoms with Gasteiger partial charge in [-0.05, 0) is 25.0 Å². The third kappa shape index (κ3) is 4.98. The van der Waals surface area contributed by atoms with Crippen molar-refractivity contribution in [2.75, 3.05) is 11.9 Å². The number of hydrogen-bond acceptors (Lipinski definition) is 4. The summed E-state index contributed by atoms with van der Waals surface area (Å²) in [6.07, 6.45) is 0. The number of H-pyrrole nitrogens is 1. The average molecular weight is 379 g/mol. The predicted octanol–water partition coefficient (Wildman–Crippen LogP) is 3.49. The number of hydrogen-bond donors (Lipinski definition) is 2. The Bertz CT molecular complexity index is 964. The molecule has 6 nitrogen and oxygen atoms in total. The summed E-state index contributed by atoms with van der Waals surface area (Å²) >= 11 is 0. The van der Waals surface area contributed by atoms with Crippen LogP contribution in [-0.4, -0.2) is 16.2 Å². The van der Waals surface area contributed by atoms with Crippen molar-refractivity contribution in [3.05, 3.63) is 98.7 Å². The molecule has 1 aromatic heterocycles. The largest absolute Gasteiger partial charge is 0.374 e. The molecule has 0 spiro atoms. The number of rotatable bonds is 8. The zero-order valence-corrected chi connectivity index (χ0v) is 16.1. The highest BCUT2D eigenvalue weighted by Crippen LogP contribution is 2.18. The third-order valence-electron chi connectivity index (χ3n) is 4.41. The molecule has 0 aliphatic carbocycles. The molecule has 2 N–H and O–H groups in total. The molecule has 3 aromatic rings. The first kappa shape index (κ1) is 19.6. The van der Waals surface area contributed by atoms with E-state index in [1.807, 2.05) is 60.7 Å². The van der Waals surface area contributed by atoms with Crippen LogP contribution < -0.4 is 16.6 Å². The van der Waals surface area contributed by atoms with Crippen LogP contribution in [0.15, 0.2) is 76.3 Å². The molecule has 146 valence electrons. The van der Waals surface area contributed by atoms with E-state index in [2.05, 4.69) is 10.3 Å². The topological polar surface area (TPSA) is 76.1 Å². The molecule has 1 heterocycles. The van der Waals surface area contributed by atoms with Gasteiger partial charge in [-0.25, -0.2) is 4.79 Å². The highest BCUT2D eigenvalue weighted by atomic mass is 16.5. The molecule has 0 aliphatic rings. The maximum atomic E-state index is 12.3. The Kier molecular flexibility index (Phi) is 6.45. The fraction of sp³-hybridized carbons (Fsp3) is 0.273. The summed E-state index contributed by atoms with van der Waals surface area (Å²) in [5, 5.41) is 3.24. The number of anilines is 1. The number of nitrogens with zero attached hydrogens (tertiary/aromatic N) is 1.